The maximum atomic E-state index is 12.7. The van der Waals surface area contributed by atoms with Crippen molar-refractivity contribution < 1.29 is 14.3 Å². The van der Waals surface area contributed by atoms with Gasteiger partial charge in [-0.15, -0.1) is 21.5 Å². The largest absolute Gasteiger partial charge is 0.462 e. The molecule has 1 amide bonds. The second kappa shape index (κ2) is 9.61. The number of nitrogens with zero attached hydrogens (tertiary/aromatic N) is 4. The maximum Gasteiger partial charge on any atom is 0.341 e. The van der Waals surface area contributed by atoms with Gasteiger partial charge in [0.15, 0.2) is 11.0 Å². The van der Waals surface area contributed by atoms with E-state index in [1.54, 1.807) is 19.3 Å². The molecule has 3 aromatic heterocycles. The zero-order chi connectivity index (χ0) is 21.8. The van der Waals surface area contributed by atoms with Crippen LogP contribution in [0.4, 0.5) is 5.00 Å². The van der Waals surface area contributed by atoms with Gasteiger partial charge in [-0.3, -0.25) is 9.78 Å². The number of carbonyl (C=O) groups is 2. The molecule has 4 rings (SSSR count). The van der Waals surface area contributed by atoms with Crippen molar-refractivity contribution in [3.63, 3.8) is 0 Å². The van der Waals surface area contributed by atoms with Gasteiger partial charge in [0.25, 0.3) is 0 Å². The minimum atomic E-state index is -0.362. The van der Waals surface area contributed by atoms with E-state index in [0.717, 1.165) is 36.8 Å². The summed E-state index contributed by atoms with van der Waals surface area (Å²) in [5.41, 5.74) is 2.42. The molecule has 0 fully saturated rings. The van der Waals surface area contributed by atoms with Gasteiger partial charge in [-0.25, -0.2) is 4.79 Å². The van der Waals surface area contributed by atoms with Crippen LogP contribution in [0.1, 0.15) is 40.6 Å². The number of rotatable bonds is 7. The van der Waals surface area contributed by atoms with Crippen LogP contribution in [0.5, 0.6) is 0 Å². The molecule has 1 aliphatic rings. The molecule has 10 heteroatoms. The highest BCUT2D eigenvalue weighted by Gasteiger charge is 2.27. The van der Waals surface area contributed by atoms with Gasteiger partial charge in [0.2, 0.25) is 5.91 Å². The third kappa shape index (κ3) is 4.64. The Morgan fingerprint density at radius 3 is 2.90 bits per heavy atom. The van der Waals surface area contributed by atoms with Crippen molar-refractivity contribution in [1.29, 1.82) is 0 Å². The lowest BCUT2D eigenvalue weighted by atomic mass is 9.95. The summed E-state index contributed by atoms with van der Waals surface area (Å²) in [6.45, 7) is 2.09. The number of nitrogens with one attached hydrogen (secondary N) is 1. The summed E-state index contributed by atoms with van der Waals surface area (Å²) in [5, 5.41) is 12.5. The molecule has 0 aliphatic heterocycles. The van der Waals surface area contributed by atoms with Gasteiger partial charge in [0.05, 0.1) is 17.9 Å². The number of thioether (sulfide) groups is 1. The zero-order valence-electron chi connectivity index (χ0n) is 17.4. The number of ether oxygens (including phenoxy) is 1. The van der Waals surface area contributed by atoms with Gasteiger partial charge in [-0.1, -0.05) is 11.8 Å². The van der Waals surface area contributed by atoms with Crippen molar-refractivity contribution in [1.82, 2.24) is 19.7 Å². The molecular weight excluding hydrogens is 434 g/mol. The Bertz CT molecular complexity index is 1090. The number of pyridine rings is 1. The van der Waals surface area contributed by atoms with Crippen LogP contribution < -0.4 is 5.32 Å². The summed E-state index contributed by atoms with van der Waals surface area (Å²) >= 11 is 2.78. The molecule has 0 unspecified atom stereocenters. The number of thiophene rings is 1. The third-order valence-electron chi connectivity index (χ3n) is 4.99. The van der Waals surface area contributed by atoms with Gasteiger partial charge in [0, 0.05) is 29.9 Å². The Hall–Kier alpha value is -2.72. The summed E-state index contributed by atoms with van der Waals surface area (Å²) < 4.78 is 7.09. The average Bonchev–Trinajstić information content (AvgIpc) is 3.32. The van der Waals surface area contributed by atoms with Crippen molar-refractivity contribution in [3.05, 3.63) is 40.5 Å². The van der Waals surface area contributed by atoms with Crippen molar-refractivity contribution in [2.75, 3.05) is 17.7 Å². The number of carbonyl (C=O) groups excluding carboxylic acids is 2. The van der Waals surface area contributed by atoms with Crippen LogP contribution in [0.3, 0.4) is 0 Å². The Morgan fingerprint density at radius 1 is 1.29 bits per heavy atom. The Labute approximate surface area is 188 Å². The quantitative estimate of drug-likeness (QED) is 0.426. The van der Waals surface area contributed by atoms with E-state index in [1.807, 2.05) is 23.7 Å². The predicted octanol–water partition coefficient (Wildman–Crippen LogP) is 3.72. The van der Waals surface area contributed by atoms with Crippen molar-refractivity contribution in [2.24, 2.45) is 7.05 Å². The first-order valence-corrected chi connectivity index (χ1v) is 11.9. The second-order valence-corrected chi connectivity index (χ2v) is 9.13. The van der Waals surface area contributed by atoms with Crippen LogP contribution in [0.2, 0.25) is 0 Å². The number of anilines is 1. The van der Waals surface area contributed by atoms with E-state index in [0.29, 0.717) is 28.2 Å². The zero-order valence-corrected chi connectivity index (χ0v) is 19.0. The number of fused-ring (bicyclic) bond motifs is 1. The fourth-order valence-corrected chi connectivity index (χ4v) is 5.56. The molecule has 0 radical (unpaired) electrons. The third-order valence-corrected chi connectivity index (χ3v) is 7.22. The highest BCUT2D eigenvalue weighted by molar-refractivity contribution is 7.99. The molecule has 0 bridgehead atoms. The first-order chi connectivity index (χ1) is 15.1. The molecule has 0 aromatic carbocycles. The molecule has 0 saturated carbocycles. The molecule has 0 saturated heterocycles. The fraction of sp³-hybridized carbons (Fsp3) is 0.381. The fourth-order valence-electron chi connectivity index (χ4n) is 3.55. The van der Waals surface area contributed by atoms with Crippen molar-refractivity contribution in [3.8, 4) is 11.4 Å². The van der Waals surface area contributed by atoms with Gasteiger partial charge in [0.1, 0.15) is 5.00 Å². The van der Waals surface area contributed by atoms with Crippen LogP contribution in [-0.4, -0.2) is 44.0 Å². The number of aromatic nitrogens is 4. The summed E-state index contributed by atoms with van der Waals surface area (Å²) in [5.74, 6) is 0.287. The van der Waals surface area contributed by atoms with E-state index in [4.69, 9.17) is 4.74 Å². The highest BCUT2D eigenvalue weighted by Crippen LogP contribution is 2.38. The van der Waals surface area contributed by atoms with E-state index in [-0.39, 0.29) is 17.6 Å². The van der Waals surface area contributed by atoms with Crippen molar-refractivity contribution >= 4 is 40.0 Å². The smallest absolute Gasteiger partial charge is 0.341 e. The molecule has 8 nitrogen and oxygen atoms in total. The first-order valence-electron chi connectivity index (χ1n) is 10.1. The summed E-state index contributed by atoms with van der Waals surface area (Å²) in [6, 6.07) is 3.75. The number of aryl methyl sites for hydroxylation is 1. The number of esters is 1. The summed E-state index contributed by atoms with van der Waals surface area (Å²) in [4.78, 5) is 30.5. The minimum absolute atomic E-state index is 0.157. The monoisotopic (exact) mass is 457 g/mol. The highest BCUT2D eigenvalue weighted by atomic mass is 32.2. The lowest BCUT2D eigenvalue weighted by molar-refractivity contribution is -0.113. The maximum absolute atomic E-state index is 12.7. The summed E-state index contributed by atoms with van der Waals surface area (Å²) in [7, 11) is 1.86. The molecule has 0 spiro atoms. The average molecular weight is 458 g/mol. The van der Waals surface area contributed by atoms with Crippen LogP contribution in [0.15, 0.2) is 29.7 Å². The van der Waals surface area contributed by atoms with Crippen LogP contribution >= 0.6 is 23.1 Å². The van der Waals surface area contributed by atoms with E-state index in [1.165, 1.54) is 28.0 Å². The molecule has 0 atom stereocenters. The van der Waals surface area contributed by atoms with E-state index in [2.05, 4.69) is 20.5 Å². The normalized spacial score (nSPS) is 13.0. The van der Waals surface area contributed by atoms with E-state index >= 15 is 0 Å². The molecular formula is C21H23N5O3S2. The molecule has 162 valence electrons. The molecule has 31 heavy (non-hydrogen) atoms. The number of hydrogen-bond donors (Lipinski definition) is 1. The molecule has 3 aromatic rings. The van der Waals surface area contributed by atoms with E-state index in [9.17, 15) is 9.59 Å². The Kier molecular flexibility index (Phi) is 6.67. The topological polar surface area (TPSA) is 99.0 Å². The molecule has 1 aliphatic carbocycles. The van der Waals surface area contributed by atoms with Gasteiger partial charge in [-0.05, 0) is 50.3 Å². The van der Waals surface area contributed by atoms with Gasteiger partial charge >= 0.3 is 5.97 Å². The van der Waals surface area contributed by atoms with Crippen molar-refractivity contribution in [2.45, 2.75) is 37.8 Å². The SMILES string of the molecule is CCOC(=O)c1c(NC(=O)CSc2nnc(-c3cccnc3)n2C)sc2c1CCCC2. The lowest BCUT2D eigenvalue weighted by Crippen LogP contribution is -2.17. The Morgan fingerprint density at radius 2 is 2.13 bits per heavy atom. The molecule has 3 heterocycles. The number of hydrogen-bond acceptors (Lipinski definition) is 8. The lowest BCUT2D eigenvalue weighted by Gasteiger charge is -2.12. The van der Waals surface area contributed by atoms with Crippen LogP contribution in [0, 0.1) is 0 Å². The number of amides is 1. The Balaban J connectivity index is 1.46. The van der Waals surface area contributed by atoms with Crippen LogP contribution in [0.25, 0.3) is 11.4 Å². The molecule has 1 N–H and O–H groups in total. The van der Waals surface area contributed by atoms with E-state index < -0.39 is 0 Å². The second-order valence-electron chi connectivity index (χ2n) is 7.08. The first kappa shape index (κ1) is 21.5. The van der Waals surface area contributed by atoms with Gasteiger partial charge in [-0.2, -0.15) is 0 Å². The van der Waals surface area contributed by atoms with Gasteiger partial charge < -0.3 is 14.6 Å². The van der Waals surface area contributed by atoms with Crippen LogP contribution in [-0.2, 0) is 29.4 Å². The minimum Gasteiger partial charge on any atom is -0.462 e. The standard InChI is InChI=1S/C21H23N5O3S2/c1-3-29-20(28)17-14-8-4-5-9-15(14)31-19(17)23-16(27)12-30-21-25-24-18(26(21)2)13-7-6-10-22-11-13/h6-7,10-11H,3-5,8-9,12H2,1-2H3,(H,23,27). The predicted molar refractivity (Wildman–Crippen MR) is 121 cm³/mol. The summed E-state index contributed by atoms with van der Waals surface area (Å²) in [6.07, 6.45) is 7.36.